The van der Waals surface area contributed by atoms with Gasteiger partial charge in [-0.05, 0) is 51.6 Å². The lowest BCUT2D eigenvalue weighted by atomic mass is 10.1. The zero-order chi connectivity index (χ0) is 12.1. The van der Waals surface area contributed by atoms with Gasteiger partial charge in [0.15, 0.2) is 0 Å². The molecule has 0 spiro atoms. The third-order valence-electron chi connectivity index (χ3n) is 4.02. The number of likely N-dealkylation sites (tertiary alicyclic amines) is 1. The first-order chi connectivity index (χ1) is 8.29. The fourth-order valence-electron chi connectivity index (χ4n) is 2.85. The Bertz CT molecular complexity index is 243. The zero-order valence-corrected chi connectivity index (χ0v) is 11.0. The highest BCUT2D eigenvalue weighted by atomic mass is 16.2. The lowest BCUT2D eigenvalue weighted by Crippen LogP contribution is -2.48. The number of urea groups is 1. The van der Waals surface area contributed by atoms with Crippen molar-refractivity contribution in [3.63, 3.8) is 0 Å². The normalized spacial score (nSPS) is 26.4. The van der Waals surface area contributed by atoms with Crippen LogP contribution in [0.5, 0.6) is 0 Å². The van der Waals surface area contributed by atoms with Crippen LogP contribution in [0.2, 0.25) is 0 Å². The Balaban J connectivity index is 1.88. The Morgan fingerprint density at radius 3 is 2.65 bits per heavy atom. The summed E-state index contributed by atoms with van der Waals surface area (Å²) in [5.74, 6) is 0. The summed E-state index contributed by atoms with van der Waals surface area (Å²) >= 11 is 0. The van der Waals surface area contributed by atoms with Crippen molar-refractivity contribution in [2.75, 3.05) is 33.2 Å². The minimum Gasteiger partial charge on any atom is -0.325 e. The molecule has 17 heavy (non-hydrogen) atoms. The smallest absolute Gasteiger partial charge is 0.319 e. The van der Waals surface area contributed by atoms with Gasteiger partial charge in [-0.1, -0.05) is 0 Å². The van der Waals surface area contributed by atoms with Crippen LogP contribution in [-0.4, -0.2) is 55.1 Å². The van der Waals surface area contributed by atoms with Crippen LogP contribution in [0.15, 0.2) is 0 Å². The molecule has 0 aromatic heterocycles. The van der Waals surface area contributed by atoms with Gasteiger partial charge < -0.3 is 15.1 Å². The molecule has 0 radical (unpaired) electrons. The van der Waals surface area contributed by atoms with Crippen LogP contribution in [0.25, 0.3) is 0 Å². The van der Waals surface area contributed by atoms with E-state index in [1.54, 1.807) is 0 Å². The molecule has 1 atom stereocenters. The summed E-state index contributed by atoms with van der Waals surface area (Å²) in [6.45, 7) is 4.05. The molecule has 2 saturated heterocycles. The van der Waals surface area contributed by atoms with Gasteiger partial charge >= 0.3 is 6.03 Å². The number of hydrogen-bond acceptors (Lipinski definition) is 2. The van der Waals surface area contributed by atoms with Gasteiger partial charge in [-0.3, -0.25) is 0 Å². The van der Waals surface area contributed by atoms with Crippen molar-refractivity contribution in [2.24, 2.45) is 0 Å². The van der Waals surface area contributed by atoms with Gasteiger partial charge in [0.05, 0.1) is 0 Å². The largest absolute Gasteiger partial charge is 0.325 e. The number of rotatable bonds is 1. The van der Waals surface area contributed by atoms with Crippen LogP contribution < -0.4 is 5.32 Å². The summed E-state index contributed by atoms with van der Waals surface area (Å²) in [7, 11) is 1.98. The molecule has 1 unspecified atom stereocenters. The molecule has 2 fully saturated rings. The van der Waals surface area contributed by atoms with Crippen molar-refractivity contribution >= 4 is 6.03 Å². The van der Waals surface area contributed by atoms with Crippen molar-refractivity contribution in [1.82, 2.24) is 15.1 Å². The maximum absolute atomic E-state index is 12.3. The molecule has 0 saturated carbocycles. The molecular weight excluding hydrogens is 214 g/mol. The van der Waals surface area contributed by atoms with Crippen molar-refractivity contribution in [3.05, 3.63) is 0 Å². The minimum absolute atomic E-state index is 0.247. The van der Waals surface area contributed by atoms with E-state index < -0.39 is 0 Å². The molecule has 0 aromatic rings. The Morgan fingerprint density at radius 1 is 1.12 bits per heavy atom. The second kappa shape index (κ2) is 6.24. The van der Waals surface area contributed by atoms with Gasteiger partial charge in [0.2, 0.25) is 0 Å². The zero-order valence-electron chi connectivity index (χ0n) is 11.0. The third-order valence-corrected chi connectivity index (χ3v) is 4.02. The number of nitrogens with zero attached hydrogens (tertiary/aromatic N) is 2. The highest BCUT2D eigenvalue weighted by molar-refractivity contribution is 5.74. The first kappa shape index (κ1) is 12.7. The van der Waals surface area contributed by atoms with Gasteiger partial charge in [0, 0.05) is 26.2 Å². The average molecular weight is 239 g/mol. The molecule has 1 N–H and O–H groups in total. The van der Waals surface area contributed by atoms with Gasteiger partial charge in [-0.25, -0.2) is 4.79 Å². The molecular formula is C13H25N3O. The second-order valence-electron chi connectivity index (χ2n) is 5.28. The van der Waals surface area contributed by atoms with Crippen LogP contribution in [0.1, 0.15) is 38.5 Å². The first-order valence-electron chi connectivity index (χ1n) is 7.01. The summed E-state index contributed by atoms with van der Waals surface area (Å²) in [6, 6.07) is 0.677. The molecule has 4 heteroatoms. The summed E-state index contributed by atoms with van der Waals surface area (Å²) in [5.41, 5.74) is 0. The summed E-state index contributed by atoms with van der Waals surface area (Å²) in [4.78, 5) is 16.4. The maximum Gasteiger partial charge on any atom is 0.319 e. The Hall–Kier alpha value is -0.770. The highest BCUT2D eigenvalue weighted by Gasteiger charge is 2.25. The number of hydrogen-bond donors (Lipinski definition) is 1. The standard InChI is InChI=1S/C13H25N3O/c1-15(12-6-5-8-14-9-7-12)13(17)16-10-3-2-4-11-16/h12,14H,2-11H2,1H3. The van der Waals surface area contributed by atoms with Crippen LogP contribution >= 0.6 is 0 Å². The summed E-state index contributed by atoms with van der Waals surface area (Å²) in [6.07, 6.45) is 7.04. The fourth-order valence-corrected chi connectivity index (χ4v) is 2.85. The van der Waals surface area contributed by atoms with Crippen molar-refractivity contribution in [1.29, 1.82) is 0 Å². The van der Waals surface area contributed by atoms with Gasteiger partial charge in [0.25, 0.3) is 0 Å². The first-order valence-corrected chi connectivity index (χ1v) is 7.01. The van der Waals surface area contributed by atoms with Crippen molar-refractivity contribution < 1.29 is 4.79 Å². The predicted molar refractivity (Wildman–Crippen MR) is 69.1 cm³/mol. The Kier molecular flexibility index (Phi) is 4.66. The van der Waals surface area contributed by atoms with E-state index in [1.807, 2.05) is 16.8 Å². The second-order valence-corrected chi connectivity index (χ2v) is 5.28. The molecule has 2 amide bonds. The number of carbonyl (C=O) groups excluding carboxylic acids is 1. The van der Waals surface area contributed by atoms with Crippen LogP contribution in [0.4, 0.5) is 4.79 Å². The Morgan fingerprint density at radius 2 is 1.88 bits per heavy atom. The number of piperidine rings is 1. The molecule has 2 heterocycles. The molecule has 0 aliphatic carbocycles. The average Bonchev–Trinajstić information content (AvgIpc) is 2.67. The lowest BCUT2D eigenvalue weighted by molar-refractivity contribution is 0.134. The van der Waals surface area contributed by atoms with Gasteiger partial charge in [-0.15, -0.1) is 0 Å². The van der Waals surface area contributed by atoms with E-state index in [0.29, 0.717) is 6.04 Å². The van der Waals surface area contributed by atoms with E-state index in [2.05, 4.69) is 5.32 Å². The van der Waals surface area contributed by atoms with Crippen molar-refractivity contribution in [2.45, 2.75) is 44.6 Å². The quantitative estimate of drug-likeness (QED) is 0.755. The van der Waals surface area contributed by atoms with E-state index in [4.69, 9.17) is 0 Å². The predicted octanol–water partition coefficient (Wildman–Crippen LogP) is 1.67. The monoisotopic (exact) mass is 239 g/mol. The van der Waals surface area contributed by atoms with Crippen LogP contribution in [0.3, 0.4) is 0 Å². The van der Waals surface area contributed by atoms with E-state index in [0.717, 1.165) is 39.0 Å². The molecule has 2 aliphatic heterocycles. The topological polar surface area (TPSA) is 35.6 Å². The summed E-state index contributed by atoms with van der Waals surface area (Å²) in [5, 5.41) is 3.40. The number of amides is 2. The minimum atomic E-state index is 0.247. The Labute approximate surface area is 104 Å². The van der Waals surface area contributed by atoms with Crippen LogP contribution in [0, 0.1) is 0 Å². The molecule has 98 valence electrons. The molecule has 2 aliphatic rings. The third kappa shape index (κ3) is 3.35. The van der Waals surface area contributed by atoms with E-state index in [1.165, 1.54) is 25.7 Å². The molecule has 2 rings (SSSR count). The highest BCUT2D eigenvalue weighted by Crippen LogP contribution is 2.16. The molecule has 0 aromatic carbocycles. The number of carbonyl (C=O) groups is 1. The van der Waals surface area contributed by atoms with E-state index in [9.17, 15) is 4.79 Å². The van der Waals surface area contributed by atoms with Gasteiger partial charge in [-0.2, -0.15) is 0 Å². The van der Waals surface area contributed by atoms with Crippen LogP contribution in [-0.2, 0) is 0 Å². The SMILES string of the molecule is CN(C(=O)N1CCCCC1)C1CCCNCC1. The summed E-state index contributed by atoms with van der Waals surface area (Å²) < 4.78 is 0. The van der Waals surface area contributed by atoms with E-state index >= 15 is 0 Å². The van der Waals surface area contributed by atoms with Gasteiger partial charge in [0.1, 0.15) is 0 Å². The van der Waals surface area contributed by atoms with E-state index in [-0.39, 0.29) is 6.03 Å². The molecule has 0 bridgehead atoms. The molecule has 4 nitrogen and oxygen atoms in total. The maximum atomic E-state index is 12.3. The number of nitrogens with one attached hydrogen (secondary N) is 1. The van der Waals surface area contributed by atoms with Crippen molar-refractivity contribution in [3.8, 4) is 0 Å². The lowest BCUT2D eigenvalue weighted by Gasteiger charge is -2.35. The fraction of sp³-hybridized carbons (Fsp3) is 0.923.